The maximum atomic E-state index is 12.9. The lowest BCUT2D eigenvalue weighted by Crippen LogP contribution is -2.36. The molecule has 1 aromatic heterocycles. The number of alkyl halides is 1. The number of nitrogens with one attached hydrogen (secondary N) is 1. The molecule has 1 N–H and O–H groups in total. The summed E-state index contributed by atoms with van der Waals surface area (Å²) in [6.07, 6.45) is 1.29. The molecule has 0 amide bonds. The fourth-order valence-electron chi connectivity index (χ4n) is 3.19. The fourth-order valence-corrected chi connectivity index (χ4v) is 5.18. The molecule has 0 unspecified atom stereocenters. The van der Waals surface area contributed by atoms with Crippen molar-refractivity contribution in [1.82, 2.24) is 9.36 Å². The van der Waals surface area contributed by atoms with Crippen LogP contribution in [-0.2, 0) is 16.7 Å². The van der Waals surface area contributed by atoms with Crippen LogP contribution in [0.25, 0.3) is 0 Å². The van der Waals surface area contributed by atoms with Crippen LogP contribution in [0.3, 0.4) is 0 Å². The van der Waals surface area contributed by atoms with E-state index in [0.29, 0.717) is 23.7 Å². The molecule has 0 bridgehead atoms. The van der Waals surface area contributed by atoms with E-state index in [0.717, 1.165) is 28.6 Å². The van der Waals surface area contributed by atoms with Crippen LogP contribution in [0, 0.1) is 0 Å². The average molecular weight is 454 g/mol. The quantitative estimate of drug-likeness (QED) is 0.628. The molecule has 0 radical (unpaired) electrons. The molecule has 0 saturated heterocycles. The molecule has 0 fully saturated rings. The number of sulfonamides is 1. The summed E-state index contributed by atoms with van der Waals surface area (Å²) in [4.78, 5) is 7.98. The van der Waals surface area contributed by atoms with E-state index in [1.54, 1.807) is 30.3 Å². The van der Waals surface area contributed by atoms with E-state index in [1.807, 2.05) is 16.8 Å². The number of likely N-dealkylation sites (N-methyl/N-ethyl adjacent to an activating group) is 1. The highest BCUT2D eigenvalue weighted by Gasteiger charge is 2.26. The van der Waals surface area contributed by atoms with E-state index in [2.05, 4.69) is 14.1 Å². The highest BCUT2D eigenvalue weighted by atomic mass is 35.5. The molecule has 4 rings (SSSR count). The highest BCUT2D eigenvalue weighted by Crippen LogP contribution is 2.41. The zero-order chi connectivity index (χ0) is 20.6. The Bertz CT molecular complexity index is 1140. The Hall–Kier alpha value is -2.43. The summed E-state index contributed by atoms with van der Waals surface area (Å²) in [5, 5.41) is 0.655. The number of fused-ring (bicyclic) bond motifs is 1. The maximum absolute atomic E-state index is 12.9. The van der Waals surface area contributed by atoms with E-state index in [9.17, 15) is 12.8 Å². The van der Waals surface area contributed by atoms with Crippen LogP contribution in [0.2, 0.25) is 5.02 Å². The maximum Gasteiger partial charge on any atom is 0.263 e. The Kier molecular flexibility index (Phi) is 5.32. The first-order chi connectivity index (χ1) is 13.9. The second-order valence-corrected chi connectivity index (χ2v) is 9.36. The van der Waals surface area contributed by atoms with Gasteiger partial charge in [0.25, 0.3) is 10.0 Å². The molecule has 1 aliphatic rings. The fraction of sp³-hybridized carbons (Fsp3) is 0.222. The normalized spacial score (nSPS) is 14.0. The monoisotopic (exact) mass is 453 g/mol. The topological polar surface area (TPSA) is 78.4 Å². The smallest absolute Gasteiger partial charge is 0.263 e. The molecular formula is C18H17ClFN5O2S2. The molecule has 29 heavy (non-hydrogen) atoms. The highest BCUT2D eigenvalue weighted by molar-refractivity contribution is 7.93. The third-order valence-corrected chi connectivity index (χ3v) is 7.01. The molecule has 0 atom stereocenters. The Balaban J connectivity index is 1.72. The number of benzene rings is 2. The van der Waals surface area contributed by atoms with E-state index in [4.69, 9.17) is 11.6 Å². The number of halogens is 2. The molecule has 11 heteroatoms. The Morgan fingerprint density at radius 3 is 2.66 bits per heavy atom. The van der Waals surface area contributed by atoms with Crippen molar-refractivity contribution in [2.45, 2.75) is 11.6 Å². The van der Waals surface area contributed by atoms with Crippen LogP contribution in [0.1, 0.15) is 5.56 Å². The minimum atomic E-state index is -3.79. The van der Waals surface area contributed by atoms with Gasteiger partial charge in [0.05, 0.1) is 27.0 Å². The zero-order valence-corrected chi connectivity index (χ0v) is 17.7. The van der Waals surface area contributed by atoms with Crippen LogP contribution >= 0.6 is 23.1 Å². The first-order valence-electron chi connectivity index (χ1n) is 8.65. The van der Waals surface area contributed by atoms with Crippen molar-refractivity contribution in [3.8, 4) is 0 Å². The van der Waals surface area contributed by atoms with Crippen LogP contribution in [-0.4, -0.2) is 37.9 Å². The molecule has 3 aromatic rings. The lowest BCUT2D eigenvalue weighted by Gasteiger charge is -2.37. The summed E-state index contributed by atoms with van der Waals surface area (Å²) >= 11 is 7.35. The largest absolute Gasteiger partial charge is 0.371 e. The second kappa shape index (κ2) is 7.77. The van der Waals surface area contributed by atoms with E-state index >= 15 is 0 Å². The van der Waals surface area contributed by atoms with Gasteiger partial charge in [-0.2, -0.15) is 4.37 Å². The third kappa shape index (κ3) is 3.87. The first kappa shape index (κ1) is 19.9. The van der Waals surface area contributed by atoms with Gasteiger partial charge >= 0.3 is 0 Å². The number of nitrogens with zero attached hydrogens (tertiary/aromatic N) is 4. The van der Waals surface area contributed by atoms with Gasteiger partial charge in [-0.15, -0.1) is 0 Å². The molecule has 152 valence electrons. The summed E-state index contributed by atoms with van der Waals surface area (Å²) < 4.78 is 44.6. The summed E-state index contributed by atoms with van der Waals surface area (Å²) in [5.74, 6) is 0. The van der Waals surface area contributed by atoms with Crippen molar-refractivity contribution < 1.29 is 12.8 Å². The molecular weight excluding hydrogens is 437 g/mol. The predicted octanol–water partition coefficient (Wildman–Crippen LogP) is 4.05. The number of anilines is 4. The lowest BCUT2D eigenvalue weighted by molar-refractivity contribution is 0.485. The van der Waals surface area contributed by atoms with Gasteiger partial charge in [-0.3, -0.25) is 4.72 Å². The zero-order valence-electron chi connectivity index (χ0n) is 15.3. The molecule has 0 spiro atoms. The van der Waals surface area contributed by atoms with Crippen molar-refractivity contribution in [2.75, 3.05) is 34.7 Å². The minimum Gasteiger partial charge on any atom is -0.371 e. The van der Waals surface area contributed by atoms with Gasteiger partial charge in [0.1, 0.15) is 13.0 Å². The van der Waals surface area contributed by atoms with Gasteiger partial charge in [-0.25, -0.2) is 17.8 Å². The van der Waals surface area contributed by atoms with E-state index in [1.165, 1.54) is 12.4 Å². The predicted molar refractivity (Wildman–Crippen MR) is 114 cm³/mol. The number of aromatic nitrogens is 2. The van der Waals surface area contributed by atoms with E-state index in [-0.39, 0.29) is 10.0 Å². The van der Waals surface area contributed by atoms with Crippen molar-refractivity contribution >= 4 is 55.4 Å². The minimum absolute atomic E-state index is 0.124. The summed E-state index contributed by atoms with van der Waals surface area (Å²) in [6, 6.07) is 10.0. The lowest BCUT2D eigenvalue weighted by atomic mass is 10.1. The van der Waals surface area contributed by atoms with Crippen molar-refractivity contribution in [3.05, 3.63) is 53.3 Å². The standard InChI is InChI=1S/C18H17ClFN5O2S2/c1-24-6-7-25(15-4-2-12(10-20)8-14(15)19)16-5-3-13(9-17(16)24)29(26,27)23-18-21-11-22-28-18/h2-5,8-9,11H,6-7,10H2,1H3,(H,21,22,23). The SMILES string of the molecule is CN1CCN(c2ccc(CF)cc2Cl)c2ccc(S(=O)(=O)Nc3ncns3)cc21. The average Bonchev–Trinajstić information content (AvgIpc) is 3.21. The van der Waals surface area contributed by atoms with Crippen LogP contribution in [0.15, 0.2) is 47.6 Å². The molecule has 0 saturated carbocycles. The van der Waals surface area contributed by atoms with Crippen molar-refractivity contribution in [2.24, 2.45) is 0 Å². The van der Waals surface area contributed by atoms with Crippen molar-refractivity contribution in [1.29, 1.82) is 0 Å². The van der Waals surface area contributed by atoms with Gasteiger partial charge in [-0.1, -0.05) is 17.7 Å². The molecule has 2 aromatic carbocycles. The Morgan fingerprint density at radius 1 is 1.17 bits per heavy atom. The van der Waals surface area contributed by atoms with Gasteiger partial charge in [0, 0.05) is 31.7 Å². The summed E-state index contributed by atoms with van der Waals surface area (Å²) in [5.41, 5.74) is 2.84. The number of hydrogen-bond donors (Lipinski definition) is 1. The van der Waals surface area contributed by atoms with Crippen molar-refractivity contribution in [3.63, 3.8) is 0 Å². The third-order valence-electron chi connectivity index (χ3n) is 4.66. The van der Waals surface area contributed by atoms with Gasteiger partial charge in [-0.05, 0) is 35.9 Å². The second-order valence-electron chi connectivity index (χ2n) is 6.50. The summed E-state index contributed by atoms with van der Waals surface area (Å²) in [7, 11) is -1.89. The van der Waals surface area contributed by atoms with E-state index < -0.39 is 16.7 Å². The number of hydrogen-bond acceptors (Lipinski definition) is 7. The van der Waals surface area contributed by atoms with Crippen LogP contribution in [0.4, 0.5) is 26.6 Å². The first-order valence-corrected chi connectivity index (χ1v) is 11.3. The van der Waals surface area contributed by atoms with Gasteiger partial charge < -0.3 is 9.80 Å². The Labute approximate surface area is 177 Å². The molecule has 7 nitrogen and oxygen atoms in total. The van der Waals surface area contributed by atoms with Crippen LogP contribution in [0.5, 0.6) is 0 Å². The Morgan fingerprint density at radius 2 is 1.97 bits per heavy atom. The van der Waals surface area contributed by atoms with Gasteiger partial charge in [0.15, 0.2) is 0 Å². The summed E-state index contributed by atoms with van der Waals surface area (Å²) in [6.45, 7) is 0.747. The van der Waals surface area contributed by atoms with Crippen LogP contribution < -0.4 is 14.5 Å². The molecule has 2 heterocycles. The molecule has 1 aliphatic heterocycles. The molecule has 0 aliphatic carbocycles. The number of rotatable bonds is 5. The van der Waals surface area contributed by atoms with Gasteiger partial charge in [0.2, 0.25) is 5.13 Å².